The van der Waals surface area contributed by atoms with E-state index in [2.05, 4.69) is 0 Å². The van der Waals surface area contributed by atoms with E-state index in [0.717, 1.165) is 11.3 Å². The zero-order chi connectivity index (χ0) is 22.9. The lowest BCUT2D eigenvalue weighted by Gasteiger charge is -2.14. The van der Waals surface area contributed by atoms with Crippen LogP contribution >= 0.6 is 35.7 Å². The van der Waals surface area contributed by atoms with Gasteiger partial charge < -0.3 is 14.2 Å². The third-order valence-corrected chi connectivity index (χ3v) is 6.50. The van der Waals surface area contributed by atoms with Gasteiger partial charge in [0.25, 0.3) is 5.91 Å². The van der Waals surface area contributed by atoms with Crippen molar-refractivity contribution in [1.82, 2.24) is 0 Å². The Bertz CT molecular complexity index is 1010. The van der Waals surface area contributed by atoms with E-state index < -0.39 is 0 Å². The van der Waals surface area contributed by atoms with E-state index in [1.165, 1.54) is 28.4 Å². The molecule has 32 heavy (non-hydrogen) atoms. The topological polar surface area (TPSA) is 65.1 Å². The number of thioether (sulfide) groups is 2. The average molecular weight is 490 g/mol. The Hall–Kier alpha value is -2.49. The SMILES string of the molecule is CCOC(=O)CSCCOc1ccc(/C=C2\SC(=S)N(c3ccccc3)C2=O)cc1OC. The van der Waals surface area contributed by atoms with Gasteiger partial charge >= 0.3 is 5.97 Å². The van der Waals surface area contributed by atoms with Crippen molar-refractivity contribution < 1.29 is 23.8 Å². The molecule has 3 rings (SSSR count). The maximum atomic E-state index is 12.9. The Morgan fingerprint density at radius 3 is 2.69 bits per heavy atom. The van der Waals surface area contributed by atoms with Crippen LogP contribution in [-0.2, 0) is 14.3 Å². The van der Waals surface area contributed by atoms with Crippen LogP contribution in [0, 0.1) is 0 Å². The summed E-state index contributed by atoms with van der Waals surface area (Å²) < 4.78 is 16.6. The monoisotopic (exact) mass is 489 g/mol. The van der Waals surface area contributed by atoms with Crippen LogP contribution in [0.25, 0.3) is 6.08 Å². The maximum Gasteiger partial charge on any atom is 0.315 e. The van der Waals surface area contributed by atoms with Crippen molar-refractivity contribution in [2.75, 3.05) is 36.7 Å². The first-order valence-corrected chi connectivity index (χ1v) is 12.3. The van der Waals surface area contributed by atoms with Crippen molar-refractivity contribution in [3.8, 4) is 11.5 Å². The fraction of sp³-hybridized carbons (Fsp3) is 0.261. The summed E-state index contributed by atoms with van der Waals surface area (Å²) in [7, 11) is 1.57. The van der Waals surface area contributed by atoms with E-state index in [9.17, 15) is 9.59 Å². The number of nitrogens with zero attached hydrogens (tertiary/aromatic N) is 1. The van der Waals surface area contributed by atoms with Crippen molar-refractivity contribution in [3.63, 3.8) is 0 Å². The minimum Gasteiger partial charge on any atom is -0.493 e. The molecule has 0 radical (unpaired) electrons. The van der Waals surface area contributed by atoms with Crippen molar-refractivity contribution in [2.45, 2.75) is 6.92 Å². The number of esters is 1. The number of para-hydroxylation sites is 1. The number of thiocarbonyl (C=S) groups is 1. The second-order valence-electron chi connectivity index (χ2n) is 6.47. The first-order valence-electron chi connectivity index (χ1n) is 9.90. The van der Waals surface area contributed by atoms with Gasteiger partial charge in [-0.2, -0.15) is 0 Å². The number of hydrogen-bond donors (Lipinski definition) is 0. The number of carbonyl (C=O) groups excluding carboxylic acids is 2. The normalized spacial score (nSPS) is 14.7. The second kappa shape index (κ2) is 11.9. The quantitative estimate of drug-likeness (QED) is 0.205. The molecule has 0 aromatic heterocycles. The minimum atomic E-state index is -0.225. The summed E-state index contributed by atoms with van der Waals surface area (Å²) in [6.07, 6.45) is 1.80. The summed E-state index contributed by atoms with van der Waals surface area (Å²) in [5.74, 6) is 1.73. The highest BCUT2D eigenvalue weighted by atomic mass is 32.2. The van der Waals surface area contributed by atoms with E-state index in [0.29, 0.717) is 45.4 Å². The van der Waals surface area contributed by atoms with Gasteiger partial charge in [0.05, 0.1) is 36.7 Å². The molecule has 1 aliphatic rings. The third kappa shape index (κ3) is 6.27. The lowest BCUT2D eigenvalue weighted by Crippen LogP contribution is -2.27. The van der Waals surface area contributed by atoms with Crippen molar-refractivity contribution in [1.29, 1.82) is 0 Å². The molecule has 0 bridgehead atoms. The largest absolute Gasteiger partial charge is 0.493 e. The number of benzene rings is 2. The van der Waals surface area contributed by atoms with Gasteiger partial charge in [-0.25, -0.2) is 0 Å². The van der Waals surface area contributed by atoms with Crippen LogP contribution in [0.3, 0.4) is 0 Å². The lowest BCUT2D eigenvalue weighted by molar-refractivity contribution is -0.139. The standard InChI is InChI=1S/C23H23NO5S3/c1-3-28-21(25)15-31-12-11-29-18-10-9-16(13-19(18)27-2)14-20-22(26)24(23(30)32-20)17-7-5-4-6-8-17/h4-10,13-14H,3,11-12,15H2,1-2H3/b20-14-. The molecule has 0 N–H and O–H groups in total. The molecule has 1 amide bonds. The van der Waals surface area contributed by atoms with Crippen LogP contribution in [-0.4, -0.2) is 48.0 Å². The lowest BCUT2D eigenvalue weighted by atomic mass is 10.2. The van der Waals surface area contributed by atoms with Crippen LogP contribution in [0.15, 0.2) is 53.4 Å². The first-order chi connectivity index (χ1) is 15.5. The van der Waals surface area contributed by atoms with E-state index >= 15 is 0 Å². The highest BCUT2D eigenvalue weighted by molar-refractivity contribution is 8.27. The van der Waals surface area contributed by atoms with Crippen molar-refractivity contribution in [3.05, 3.63) is 59.0 Å². The van der Waals surface area contributed by atoms with Gasteiger partial charge in [-0.15, -0.1) is 11.8 Å². The molecular formula is C23H23NO5S3. The van der Waals surface area contributed by atoms with E-state index in [-0.39, 0.29) is 11.9 Å². The molecule has 0 aliphatic carbocycles. The molecule has 6 nitrogen and oxygen atoms in total. The molecule has 1 heterocycles. The predicted octanol–water partition coefficient (Wildman–Crippen LogP) is 4.78. The van der Waals surface area contributed by atoms with Crippen molar-refractivity contribution in [2.24, 2.45) is 0 Å². The summed E-state index contributed by atoms with van der Waals surface area (Å²) in [5, 5.41) is 0. The summed E-state index contributed by atoms with van der Waals surface area (Å²) in [5.41, 5.74) is 1.56. The van der Waals surface area contributed by atoms with Crippen LogP contribution < -0.4 is 14.4 Å². The van der Waals surface area contributed by atoms with Crippen LogP contribution in [0.4, 0.5) is 5.69 Å². The number of anilines is 1. The highest BCUT2D eigenvalue weighted by Gasteiger charge is 2.33. The second-order valence-corrected chi connectivity index (χ2v) is 9.25. The fourth-order valence-corrected chi connectivity index (χ4v) is 4.78. The Kier molecular flexibility index (Phi) is 9.01. The van der Waals surface area contributed by atoms with E-state index in [4.69, 9.17) is 26.4 Å². The molecule has 9 heteroatoms. The van der Waals surface area contributed by atoms with Crippen LogP contribution in [0.5, 0.6) is 11.5 Å². The van der Waals surface area contributed by atoms with Gasteiger partial charge in [-0.3, -0.25) is 14.5 Å². The van der Waals surface area contributed by atoms with E-state index in [1.807, 2.05) is 42.5 Å². The molecular weight excluding hydrogens is 466 g/mol. The van der Waals surface area contributed by atoms with Crippen molar-refractivity contribution >= 4 is 63.7 Å². The number of methoxy groups -OCH3 is 1. The zero-order valence-corrected chi connectivity index (χ0v) is 20.2. The third-order valence-electron chi connectivity index (χ3n) is 4.30. The Morgan fingerprint density at radius 2 is 1.97 bits per heavy atom. The number of amides is 1. The first kappa shape index (κ1) is 24.2. The molecule has 2 aromatic rings. The maximum absolute atomic E-state index is 12.9. The highest BCUT2D eigenvalue weighted by Crippen LogP contribution is 2.37. The van der Waals surface area contributed by atoms with E-state index in [1.54, 1.807) is 26.2 Å². The molecule has 1 aliphatic heterocycles. The average Bonchev–Trinajstić information content (AvgIpc) is 3.07. The van der Waals surface area contributed by atoms with Gasteiger partial charge in [0.15, 0.2) is 15.8 Å². The zero-order valence-electron chi connectivity index (χ0n) is 17.7. The predicted molar refractivity (Wildman–Crippen MR) is 135 cm³/mol. The van der Waals surface area contributed by atoms with Gasteiger partial charge in [0, 0.05) is 5.75 Å². The summed E-state index contributed by atoms with van der Waals surface area (Å²) >= 11 is 8.13. The fourth-order valence-electron chi connectivity index (χ4n) is 2.88. The number of rotatable bonds is 10. The van der Waals surface area contributed by atoms with Gasteiger partial charge in [0.1, 0.15) is 0 Å². The number of ether oxygens (including phenoxy) is 3. The molecule has 1 saturated heterocycles. The number of hydrogen-bond acceptors (Lipinski definition) is 8. The summed E-state index contributed by atoms with van der Waals surface area (Å²) in [6, 6.07) is 14.8. The summed E-state index contributed by atoms with van der Waals surface area (Å²) in [4.78, 5) is 26.3. The molecule has 0 saturated carbocycles. The van der Waals surface area contributed by atoms with Gasteiger partial charge in [-0.05, 0) is 42.8 Å². The Morgan fingerprint density at radius 1 is 1.19 bits per heavy atom. The van der Waals surface area contributed by atoms with Crippen LogP contribution in [0.2, 0.25) is 0 Å². The number of carbonyl (C=O) groups is 2. The minimum absolute atomic E-state index is 0.149. The Labute approximate surface area is 201 Å². The smallest absolute Gasteiger partial charge is 0.315 e. The molecule has 2 aromatic carbocycles. The molecule has 0 spiro atoms. The van der Waals surface area contributed by atoms with Gasteiger partial charge in [0.2, 0.25) is 0 Å². The molecule has 1 fully saturated rings. The summed E-state index contributed by atoms with van der Waals surface area (Å²) in [6.45, 7) is 2.59. The van der Waals surface area contributed by atoms with Gasteiger partial charge in [-0.1, -0.05) is 48.2 Å². The molecule has 0 atom stereocenters. The molecule has 0 unspecified atom stereocenters. The molecule has 168 valence electrons. The Balaban J connectivity index is 1.63. The van der Waals surface area contributed by atoms with Crippen LogP contribution in [0.1, 0.15) is 12.5 Å².